The van der Waals surface area contributed by atoms with E-state index in [1.165, 1.54) is 37.2 Å². The third-order valence-electron chi connectivity index (χ3n) is 6.25. The van der Waals surface area contributed by atoms with Gasteiger partial charge in [-0.05, 0) is 56.4 Å². The molecule has 1 aliphatic carbocycles. The monoisotopic (exact) mass is 436 g/mol. The molecule has 31 heavy (non-hydrogen) atoms. The molecule has 0 spiro atoms. The molecule has 2 aliphatic rings. The van der Waals surface area contributed by atoms with Crippen molar-refractivity contribution in [3.8, 4) is 17.3 Å². The van der Waals surface area contributed by atoms with Crippen LogP contribution in [0.3, 0.4) is 0 Å². The van der Waals surface area contributed by atoms with Crippen LogP contribution in [-0.4, -0.2) is 49.5 Å². The normalized spacial score (nSPS) is 18.4. The maximum absolute atomic E-state index is 6.21. The Hall–Kier alpha value is -2.58. The minimum atomic E-state index is 0.278. The number of nitrogens with one attached hydrogen (secondary N) is 1. The summed E-state index contributed by atoms with van der Waals surface area (Å²) in [5, 5.41) is 3.93. The van der Waals surface area contributed by atoms with Crippen LogP contribution in [0.5, 0.6) is 5.75 Å². The molecule has 0 aromatic carbocycles. The summed E-state index contributed by atoms with van der Waals surface area (Å²) in [5.41, 5.74) is 1.80. The molecule has 0 atom stereocenters. The lowest BCUT2D eigenvalue weighted by Crippen LogP contribution is -2.43. The van der Waals surface area contributed by atoms with Crippen molar-refractivity contribution in [1.82, 2.24) is 24.2 Å². The van der Waals surface area contributed by atoms with Crippen LogP contribution in [0.25, 0.3) is 11.5 Å². The maximum Gasteiger partial charge on any atom is 0.208 e. The lowest BCUT2D eigenvalue weighted by Gasteiger charge is -2.35. The molecule has 3 aromatic rings. The number of nitrogens with zero attached hydrogens (tertiary/aromatic N) is 5. The second kappa shape index (κ2) is 9.28. The zero-order valence-electron chi connectivity index (χ0n) is 17.8. The predicted molar refractivity (Wildman–Crippen MR) is 123 cm³/mol. The highest BCUT2D eigenvalue weighted by Crippen LogP contribution is 2.28. The summed E-state index contributed by atoms with van der Waals surface area (Å²) >= 11 is 1.30. The van der Waals surface area contributed by atoms with Crippen molar-refractivity contribution in [3.05, 3.63) is 42.2 Å². The van der Waals surface area contributed by atoms with Crippen molar-refractivity contribution >= 4 is 22.5 Å². The maximum atomic E-state index is 6.21. The Morgan fingerprint density at radius 1 is 1.06 bits per heavy atom. The number of anilines is 2. The van der Waals surface area contributed by atoms with Crippen LogP contribution in [0.15, 0.2) is 36.7 Å². The van der Waals surface area contributed by atoms with Gasteiger partial charge in [0.1, 0.15) is 23.4 Å². The zero-order chi connectivity index (χ0) is 21.0. The first kappa shape index (κ1) is 20.3. The van der Waals surface area contributed by atoms with Gasteiger partial charge in [-0.2, -0.15) is 9.36 Å². The van der Waals surface area contributed by atoms with Gasteiger partial charge in [-0.15, -0.1) is 0 Å². The fraction of sp³-hybridized carbons (Fsp3) is 0.478. The van der Waals surface area contributed by atoms with Gasteiger partial charge in [-0.1, -0.05) is 18.9 Å². The third kappa shape index (κ3) is 4.85. The number of hydrogen-bond acceptors (Lipinski definition) is 8. The van der Waals surface area contributed by atoms with Gasteiger partial charge in [0, 0.05) is 36.9 Å². The molecular weight excluding hydrogens is 408 g/mol. The standard InChI is InChI=1S/C23H28N6OS/c1-16-5-4-12-24-21(16)26-23-27-22(28-31-23)20-9-8-19(15-25-20)30-18-10-13-29(14-11-18)17-6-2-3-7-17/h4-5,8-9,12,15,17-18H,2-3,6-7,10-11,13-14H2,1H3,(H,24,26,27,28). The molecule has 0 amide bonds. The smallest absolute Gasteiger partial charge is 0.208 e. The zero-order valence-corrected chi connectivity index (χ0v) is 18.6. The van der Waals surface area contributed by atoms with E-state index in [0.717, 1.165) is 54.8 Å². The van der Waals surface area contributed by atoms with Crippen molar-refractivity contribution < 1.29 is 4.74 Å². The van der Waals surface area contributed by atoms with Gasteiger partial charge in [0.15, 0.2) is 5.82 Å². The van der Waals surface area contributed by atoms with Crippen LogP contribution in [0.4, 0.5) is 10.9 Å². The molecule has 1 aliphatic heterocycles. The van der Waals surface area contributed by atoms with E-state index in [-0.39, 0.29) is 6.10 Å². The summed E-state index contributed by atoms with van der Waals surface area (Å²) in [6.45, 7) is 4.31. The number of rotatable bonds is 6. The van der Waals surface area contributed by atoms with Crippen molar-refractivity contribution in [2.45, 2.75) is 57.6 Å². The minimum absolute atomic E-state index is 0.278. The molecule has 162 valence electrons. The highest BCUT2D eigenvalue weighted by atomic mass is 32.1. The lowest BCUT2D eigenvalue weighted by atomic mass is 10.0. The Bertz CT molecular complexity index is 993. The molecule has 1 N–H and O–H groups in total. The first-order valence-corrected chi connectivity index (χ1v) is 11.9. The van der Waals surface area contributed by atoms with E-state index in [9.17, 15) is 0 Å². The fourth-order valence-electron chi connectivity index (χ4n) is 4.50. The van der Waals surface area contributed by atoms with Crippen molar-refractivity contribution in [1.29, 1.82) is 0 Å². The van der Waals surface area contributed by atoms with Crippen molar-refractivity contribution in [2.75, 3.05) is 18.4 Å². The number of aryl methyl sites for hydroxylation is 1. The summed E-state index contributed by atoms with van der Waals surface area (Å²) in [7, 11) is 0. The number of piperidine rings is 1. The highest BCUT2D eigenvalue weighted by molar-refractivity contribution is 7.09. The Balaban J connectivity index is 1.16. The average Bonchev–Trinajstić information content (AvgIpc) is 3.49. The molecule has 0 radical (unpaired) electrons. The van der Waals surface area contributed by atoms with Gasteiger partial charge in [0.25, 0.3) is 0 Å². The van der Waals surface area contributed by atoms with Crippen LogP contribution in [0.2, 0.25) is 0 Å². The second-order valence-corrected chi connectivity index (χ2v) is 9.14. The van der Waals surface area contributed by atoms with Crippen molar-refractivity contribution in [3.63, 3.8) is 0 Å². The van der Waals surface area contributed by atoms with E-state index in [1.807, 2.05) is 31.2 Å². The van der Waals surface area contributed by atoms with E-state index in [1.54, 1.807) is 12.4 Å². The van der Waals surface area contributed by atoms with Crippen LogP contribution in [0.1, 0.15) is 44.1 Å². The minimum Gasteiger partial charge on any atom is -0.489 e. The Kier molecular flexibility index (Phi) is 6.08. The summed E-state index contributed by atoms with van der Waals surface area (Å²) in [5.74, 6) is 2.22. The Labute approximate surface area is 187 Å². The molecule has 0 bridgehead atoms. The van der Waals surface area contributed by atoms with Crippen molar-refractivity contribution in [2.24, 2.45) is 0 Å². The van der Waals surface area contributed by atoms with E-state index >= 15 is 0 Å². The summed E-state index contributed by atoms with van der Waals surface area (Å²) in [6, 6.07) is 8.64. The van der Waals surface area contributed by atoms with E-state index < -0.39 is 0 Å². The number of aromatic nitrogens is 4. The average molecular weight is 437 g/mol. The fourth-order valence-corrected chi connectivity index (χ4v) is 5.08. The van der Waals surface area contributed by atoms with Crippen LogP contribution in [0, 0.1) is 6.92 Å². The SMILES string of the molecule is Cc1cccnc1Nc1nc(-c2ccc(OC3CCN(C4CCCC4)CC3)cn2)ns1. The molecule has 1 saturated heterocycles. The highest BCUT2D eigenvalue weighted by Gasteiger charge is 2.27. The number of likely N-dealkylation sites (tertiary alicyclic amines) is 1. The third-order valence-corrected chi connectivity index (χ3v) is 6.88. The number of ether oxygens (including phenoxy) is 1. The largest absolute Gasteiger partial charge is 0.489 e. The first-order chi connectivity index (χ1) is 15.2. The van der Waals surface area contributed by atoms with E-state index in [0.29, 0.717) is 11.0 Å². The summed E-state index contributed by atoms with van der Waals surface area (Å²) in [6.07, 6.45) is 11.6. The molecule has 5 rings (SSSR count). The molecule has 8 heteroatoms. The Morgan fingerprint density at radius 2 is 1.90 bits per heavy atom. The number of pyridine rings is 2. The summed E-state index contributed by atoms with van der Waals surface area (Å²) in [4.78, 5) is 16.1. The molecule has 4 heterocycles. The van der Waals surface area contributed by atoms with Gasteiger partial charge < -0.3 is 15.0 Å². The lowest BCUT2D eigenvalue weighted by molar-refractivity contribution is 0.0766. The van der Waals surface area contributed by atoms with E-state index in [2.05, 4.69) is 29.5 Å². The summed E-state index contributed by atoms with van der Waals surface area (Å²) < 4.78 is 10.6. The molecule has 0 unspecified atom stereocenters. The van der Waals surface area contributed by atoms with Gasteiger partial charge in [0.2, 0.25) is 5.13 Å². The molecular formula is C23H28N6OS. The quantitative estimate of drug-likeness (QED) is 0.593. The Morgan fingerprint density at radius 3 is 2.65 bits per heavy atom. The van der Waals surface area contributed by atoms with Gasteiger partial charge in [-0.25, -0.2) is 9.97 Å². The van der Waals surface area contributed by atoms with Gasteiger partial charge in [-0.3, -0.25) is 0 Å². The molecule has 7 nitrogen and oxygen atoms in total. The topological polar surface area (TPSA) is 76.1 Å². The molecule has 1 saturated carbocycles. The van der Waals surface area contributed by atoms with Gasteiger partial charge in [0.05, 0.1) is 6.20 Å². The van der Waals surface area contributed by atoms with Gasteiger partial charge >= 0.3 is 0 Å². The molecule has 3 aromatic heterocycles. The predicted octanol–water partition coefficient (Wildman–Crippen LogP) is 4.83. The first-order valence-electron chi connectivity index (χ1n) is 11.1. The second-order valence-electron chi connectivity index (χ2n) is 8.39. The van der Waals surface area contributed by atoms with E-state index in [4.69, 9.17) is 4.74 Å². The molecule has 2 fully saturated rings. The van der Waals surface area contributed by atoms with Crippen LogP contribution in [-0.2, 0) is 0 Å². The number of hydrogen-bond donors (Lipinski definition) is 1. The van der Waals surface area contributed by atoms with Crippen LogP contribution < -0.4 is 10.1 Å². The van der Waals surface area contributed by atoms with Crippen LogP contribution >= 0.6 is 11.5 Å².